The number of anilines is 2. The van der Waals surface area contributed by atoms with Gasteiger partial charge in [-0.05, 0) is 42.7 Å². The molecule has 0 aliphatic carbocycles. The van der Waals surface area contributed by atoms with E-state index in [1.807, 2.05) is 18.2 Å². The van der Waals surface area contributed by atoms with E-state index in [9.17, 15) is 4.79 Å². The van der Waals surface area contributed by atoms with Crippen LogP contribution < -0.4 is 15.5 Å². The predicted molar refractivity (Wildman–Crippen MR) is 92.7 cm³/mol. The number of rotatable bonds is 4. The highest BCUT2D eigenvalue weighted by Gasteiger charge is 2.17. The van der Waals surface area contributed by atoms with Crippen molar-refractivity contribution in [2.45, 2.75) is 19.4 Å². The number of aromatic nitrogens is 1. The van der Waals surface area contributed by atoms with Gasteiger partial charge < -0.3 is 15.5 Å². The molecule has 1 saturated heterocycles. The van der Waals surface area contributed by atoms with Gasteiger partial charge >= 0.3 is 6.03 Å². The summed E-state index contributed by atoms with van der Waals surface area (Å²) in [7, 11) is 0. The van der Waals surface area contributed by atoms with Gasteiger partial charge in [-0.1, -0.05) is 12.1 Å². The molecule has 0 radical (unpaired) electrons. The Labute approximate surface area is 141 Å². The van der Waals surface area contributed by atoms with Crippen molar-refractivity contribution < 1.29 is 4.79 Å². The molecule has 1 aromatic carbocycles. The van der Waals surface area contributed by atoms with Crippen molar-refractivity contribution in [1.82, 2.24) is 10.3 Å². The Hall–Kier alpha value is -3.07. The third-order valence-electron chi connectivity index (χ3n) is 3.95. The third kappa shape index (κ3) is 3.82. The van der Waals surface area contributed by atoms with Crippen molar-refractivity contribution in [1.29, 1.82) is 5.26 Å². The summed E-state index contributed by atoms with van der Waals surface area (Å²) in [6, 6.07) is 12.7. The van der Waals surface area contributed by atoms with E-state index >= 15 is 0 Å². The molecule has 1 aliphatic heterocycles. The number of hydrogen-bond acceptors (Lipinski definition) is 4. The monoisotopic (exact) mass is 321 g/mol. The minimum absolute atomic E-state index is 0.286. The van der Waals surface area contributed by atoms with Crippen molar-refractivity contribution in [2.75, 3.05) is 23.3 Å². The maximum Gasteiger partial charge on any atom is 0.319 e. The van der Waals surface area contributed by atoms with Crippen LogP contribution in [0.15, 0.2) is 42.6 Å². The van der Waals surface area contributed by atoms with Crippen LogP contribution in [0.5, 0.6) is 0 Å². The van der Waals surface area contributed by atoms with Crippen LogP contribution >= 0.6 is 0 Å². The fourth-order valence-electron chi connectivity index (χ4n) is 2.78. The molecule has 0 spiro atoms. The van der Waals surface area contributed by atoms with Crippen LogP contribution in [-0.2, 0) is 6.54 Å². The molecule has 0 saturated carbocycles. The Morgan fingerprint density at radius 3 is 2.88 bits per heavy atom. The molecule has 2 heterocycles. The normalized spacial score (nSPS) is 13.4. The number of amides is 2. The lowest BCUT2D eigenvalue weighted by Crippen LogP contribution is -2.29. The number of nitrogens with one attached hydrogen (secondary N) is 2. The maximum absolute atomic E-state index is 12.2. The summed E-state index contributed by atoms with van der Waals surface area (Å²) in [5.74, 6) is 0.816. The lowest BCUT2D eigenvalue weighted by Gasteiger charge is -2.20. The molecular weight excluding hydrogens is 302 g/mol. The molecule has 0 atom stereocenters. The van der Waals surface area contributed by atoms with Crippen molar-refractivity contribution in [3.63, 3.8) is 0 Å². The standard InChI is InChI=1S/C18H19N5O/c19-12-14-5-3-6-15(11-14)13-21-18(24)22-16-7-4-8-20-17(16)23-9-1-2-10-23/h3-8,11H,1-2,9-10,13H2,(H2,21,22,24). The molecule has 6 nitrogen and oxygen atoms in total. The summed E-state index contributed by atoms with van der Waals surface area (Å²) < 4.78 is 0. The fraction of sp³-hybridized carbons (Fsp3) is 0.278. The van der Waals surface area contributed by atoms with E-state index in [0.29, 0.717) is 17.8 Å². The van der Waals surface area contributed by atoms with Crippen molar-refractivity contribution in [2.24, 2.45) is 0 Å². The molecule has 3 rings (SSSR count). The van der Waals surface area contributed by atoms with Gasteiger partial charge in [0.1, 0.15) is 0 Å². The highest BCUT2D eigenvalue weighted by molar-refractivity contribution is 5.92. The van der Waals surface area contributed by atoms with Gasteiger partial charge in [0, 0.05) is 25.8 Å². The highest BCUT2D eigenvalue weighted by Crippen LogP contribution is 2.25. The largest absolute Gasteiger partial charge is 0.355 e. The van der Waals surface area contributed by atoms with Crippen LogP contribution in [-0.4, -0.2) is 24.1 Å². The predicted octanol–water partition coefficient (Wildman–Crippen LogP) is 2.88. The molecule has 122 valence electrons. The average molecular weight is 321 g/mol. The van der Waals surface area contributed by atoms with E-state index in [1.165, 1.54) is 0 Å². The third-order valence-corrected chi connectivity index (χ3v) is 3.95. The second kappa shape index (κ2) is 7.47. The van der Waals surface area contributed by atoms with Crippen molar-refractivity contribution in [3.8, 4) is 6.07 Å². The Morgan fingerprint density at radius 2 is 2.08 bits per heavy atom. The first-order chi connectivity index (χ1) is 11.8. The molecule has 2 amide bonds. The van der Waals surface area contributed by atoms with Gasteiger partial charge in [-0.3, -0.25) is 0 Å². The van der Waals surface area contributed by atoms with Gasteiger partial charge in [-0.15, -0.1) is 0 Å². The average Bonchev–Trinajstić information content (AvgIpc) is 3.15. The van der Waals surface area contributed by atoms with Crippen LogP contribution in [0.3, 0.4) is 0 Å². The van der Waals surface area contributed by atoms with Gasteiger partial charge in [0.2, 0.25) is 0 Å². The quantitative estimate of drug-likeness (QED) is 0.907. The molecule has 2 N–H and O–H groups in total. The van der Waals surface area contributed by atoms with Gasteiger partial charge in [-0.25, -0.2) is 9.78 Å². The number of benzene rings is 1. The minimum Gasteiger partial charge on any atom is -0.355 e. The summed E-state index contributed by atoms with van der Waals surface area (Å²) in [6.07, 6.45) is 4.04. The number of carbonyl (C=O) groups is 1. The van der Waals surface area contributed by atoms with E-state index in [4.69, 9.17) is 5.26 Å². The van der Waals surface area contributed by atoms with E-state index in [-0.39, 0.29) is 6.03 Å². The van der Waals surface area contributed by atoms with Gasteiger partial charge in [0.25, 0.3) is 0 Å². The van der Waals surface area contributed by atoms with E-state index in [1.54, 1.807) is 24.4 Å². The Balaban J connectivity index is 1.62. The number of pyridine rings is 1. The van der Waals surface area contributed by atoms with Crippen molar-refractivity contribution in [3.05, 3.63) is 53.7 Å². The molecule has 0 unspecified atom stereocenters. The van der Waals surface area contributed by atoms with E-state index < -0.39 is 0 Å². The molecule has 1 aliphatic rings. The van der Waals surface area contributed by atoms with E-state index in [2.05, 4.69) is 26.6 Å². The molecule has 24 heavy (non-hydrogen) atoms. The Morgan fingerprint density at radius 1 is 1.25 bits per heavy atom. The second-order valence-corrected chi connectivity index (χ2v) is 5.69. The zero-order chi connectivity index (χ0) is 16.8. The summed E-state index contributed by atoms with van der Waals surface area (Å²) in [5.41, 5.74) is 2.18. The second-order valence-electron chi connectivity index (χ2n) is 5.69. The first kappa shape index (κ1) is 15.8. The fourth-order valence-corrected chi connectivity index (χ4v) is 2.78. The number of carbonyl (C=O) groups excluding carboxylic acids is 1. The number of hydrogen-bond donors (Lipinski definition) is 2. The number of nitrogens with zero attached hydrogens (tertiary/aromatic N) is 3. The zero-order valence-corrected chi connectivity index (χ0v) is 13.3. The lowest BCUT2D eigenvalue weighted by atomic mass is 10.1. The minimum atomic E-state index is -0.286. The first-order valence-electron chi connectivity index (χ1n) is 8.00. The van der Waals surface area contributed by atoms with Crippen LogP contribution in [0.2, 0.25) is 0 Å². The Kier molecular flexibility index (Phi) is 4.92. The lowest BCUT2D eigenvalue weighted by molar-refractivity contribution is 0.251. The Bertz CT molecular complexity index is 762. The molecule has 6 heteroatoms. The smallest absolute Gasteiger partial charge is 0.319 e. The van der Waals surface area contributed by atoms with E-state index in [0.717, 1.165) is 37.3 Å². The summed E-state index contributed by atoms with van der Waals surface area (Å²) in [4.78, 5) is 18.8. The SMILES string of the molecule is N#Cc1cccc(CNC(=O)Nc2cccnc2N2CCCC2)c1. The molecule has 1 aromatic heterocycles. The molecular formula is C18H19N5O. The van der Waals surface area contributed by atoms with Gasteiger partial charge in [0.15, 0.2) is 5.82 Å². The number of nitriles is 1. The van der Waals surface area contributed by atoms with Crippen LogP contribution in [0.4, 0.5) is 16.3 Å². The summed E-state index contributed by atoms with van der Waals surface area (Å²) >= 11 is 0. The van der Waals surface area contributed by atoms with Crippen LogP contribution in [0.25, 0.3) is 0 Å². The van der Waals surface area contributed by atoms with Gasteiger partial charge in [0.05, 0.1) is 17.3 Å². The van der Waals surface area contributed by atoms with Gasteiger partial charge in [-0.2, -0.15) is 5.26 Å². The maximum atomic E-state index is 12.2. The summed E-state index contributed by atoms with van der Waals surface area (Å²) in [5, 5.41) is 14.6. The summed E-state index contributed by atoms with van der Waals surface area (Å²) in [6.45, 7) is 2.29. The molecule has 1 fully saturated rings. The van der Waals surface area contributed by atoms with Crippen molar-refractivity contribution >= 4 is 17.5 Å². The number of urea groups is 1. The highest BCUT2D eigenvalue weighted by atomic mass is 16.2. The van der Waals surface area contributed by atoms with Crippen LogP contribution in [0.1, 0.15) is 24.0 Å². The molecule has 0 bridgehead atoms. The molecule has 2 aromatic rings. The first-order valence-corrected chi connectivity index (χ1v) is 8.00. The topological polar surface area (TPSA) is 81.0 Å². The zero-order valence-electron chi connectivity index (χ0n) is 13.3. The van der Waals surface area contributed by atoms with Crippen LogP contribution in [0, 0.1) is 11.3 Å².